The standard InChI is InChI=1S/C13H15Br2NO3/c1-19-12-8(5-9(14)6-10(12)15)7-16-4-2-3-11(16)13(17)18/h5-6,11H,2-4,7H2,1H3,(H,17,18)/t11-/m1/s1. The lowest BCUT2D eigenvalue weighted by molar-refractivity contribution is -0.142. The average molecular weight is 393 g/mol. The van der Waals surface area contributed by atoms with Gasteiger partial charge < -0.3 is 9.84 Å². The summed E-state index contributed by atoms with van der Waals surface area (Å²) in [5.41, 5.74) is 0.983. The van der Waals surface area contributed by atoms with E-state index in [9.17, 15) is 9.90 Å². The van der Waals surface area contributed by atoms with Gasteiger partial charge in [0.25, 0.3) is 0 Å². The molecule has 0 spiro atoms. The third kappa shape index (κ3) is 3.30. The van der Waals surface area contributed by atoms with Crippen molar-refractivity contribution in [1.82, 2.24) is 4.90 Å². The Kier molecular flexibility index (Phi) is 4.86. The highest BCUT2D eigenvalue weighted by molar-refractivity contribution is 9.11. The lowest BCUT2D eigenvalue weighted by atomic mass is 10.1. The number of aliphatic carboxylic acids is 1. The van der Waals surface area contributed by atoms with Crippen molar-refractivity contribution in [2.24, 2.45) is 0 Å². The minimum atomic E-state index is -0.745. The Morgan fingerprint density at radius 2 is 2.26 bits per heavy atom. The summed E-state index contributed by atoms with van der Waals surface area (Å²) in [6.45, 7) is 1.39. The third-order valence-corrected chi connectivity index (χ3v) is 4.36. The molecule has 19 heavy (non-hydrogen) atoms. The molecule has 1 aliphatic heterocycles. The number of methoxy groups -OCH3 is 1. The zero-order valence-electron chi connectivity index (χ0n) is 10.5. The van der Waals surface area contributed by atoms with Crippen molar-refractivity contribution in [3.8, 4) is 5.75 Å². The van der Waals surface area contributed by atoms with Gasteiger partial charge in [-0.25, -0.2) is 0 Å². The Hall–Kier alpha value is -0.590. The average Bonchev–Trinajstić information content (AvgIpc) is 2.76. The van der Waals surface area contributed by atoms with Gasteiger partial charge in [0.1, 0.15) is 11.8 Å². The van der Waals surface area contributed by atoms with E-state index in [4.69, 9.17) is 4.74 Å². The summed E-state index contributed by atoms with van der Waals surface area (Å²) in [5, 5.41) is 9.21. The number of benzene rings is 1. The Balaban J connectivity index is 2.25. The number of carboxylic acid groups (broad SMARTS) is 1. The fraction of sp³-hybridized carbons (Fsp3) is 0.462. The highest BCUT2D eigenvalue weighted by Crippen LogP contribution is 2.34. The molecule has 1 saturated heterocycles. The summed E-state index contributed by atoms with van der Waals surface area (Å²) < 4.78 is 7.21. The van der Waals surface area contributed by atoms with Gasteiger partial charge in [-0.15, -0.1) is 0 Å². The van der Waals surface area contributed by atoms with E-state index in [1.54, 1.807) is 7.11 Å². The second-order valence-corrected chi connectivity index (χ2v) is 6.32. The first kappa shape index (κ1) is 14.8. The summed E-state index contributed by atoms with van der Waals surface area (Å²) in [4.78, 5) is 13.2. The van der Waals surface area contributed by atoms with Crippen LogP contribution < -0.4 is 4.74 Å². The van der Waals surface area contributed by atoms with Gasteiger partial charge in [0.2, 0.25) is 0 Å². The predicted octanol–water partition coefficient (Wildman–Crippen LogP) is 3.27. The SMILES string of the molecule is COc1c(Br)cc(Br)cc1CN1CCC[C@@H]1C(=O)O. The van der Waals surface area contributed by atoms with Crippen molar-refractivity contribution in [3.63, 3.8) is 0 Å². The molecular formula is C13H15Br2NO3. The topological polar surface area (TPSA) is 49.8 Å². The van der Waals surface area contributed by atoms with Gasteiger partial charge in [0.15, 0.2) is 0 Å². The summed E-state index contributed by atoms with van der Waals surface area (Å²) in [6.07, 6.45) is 1.64. The fourth-order valence-electron chi connectivity index (χ4n) is 2.47. The molecule has 1 atom stereocenters. The van der Waals surface area contributed by atoms with Crippen LogP contribution in [0, 0.1) is 0 Å². The zero-order chi connectivity index (χ0) is 14.0. The van der Waals surface area contributed by atoms with E-state index >= 15 is 0 Å². The normalized spacial score (nSPS) is 19.6. The van der Waals surface area contributed by atoms with Gasteiger partial charge >= 0.3 is 5.97 Å². The van der Waals surface area contributed by atoms with E-state index in [0.29, 0.717) is 13.0 Å². The van der Waals surface area contributed by atoms with E-state index in [1.165, 1.54) is 0 Å². The van der Waals surface area contributed by atoms with E-state index < -0.39 is 5.97 Å². The number of ether oxygens (including phenoxy) is 1. The number of hydrogen-bond donors (Lipinski definition) is 1. The minimum absolute atomic E-state index is 0.387. The van der Waals surface area contributed by atoms with Crippen molar-refractivity contribution in [2.45, 2.75) is 25.4 Å². The first-order valence-corrected chi connectivity index (χ1v) is 7.60. The lowest BCUT2D eigenvalue weighted by Crippen LogP contribution is -2.35. The molecule has 0 aliphatic carbocycles. The molecule has 0 radical (unpaired) electrons. The largest absolute Gasteiger partial charge is 0.495 e. The van der Waals surface area contributed by atoms with Crippen molar-refractivity contribution in [1.29, 1.82) is 0 Å². The van der Waals surface area contributed by atoms with Crippen LogP contribution in [-0.4, -0.2) is 35.7 Å². The molecule has 0 aromatic heterocycles. The first-order chi connectivity index (χ1) is 9.02. The molecule has 1 fully saturated rings. The van der Waals surface area contributed by atoms with Crippen LogP contribution in [-0.2, 0) is 11.3 Å². The molecule has 4 nitrogen and oxygen atoms in total. The molecule has 1 N–H and O–H groups in total. The van der Waals surface area contributed by atoms with Crippen LogP contribution in [0.25, 0.3) is 0 Å². The lowest BCUT2D eigenvalue weighted by Gasteiger charge is -2.22. The molecule has 1 heterocycles. The van der Waals surface area contributed by atoms with Crippen molar-refractivity contribution in [3.05, 3.63) is 26.6 Å². The summed E-state index contributed by atoms with van der Waals surface area (Å²) in [7, 11) is 1.62. The fourth-order valence-corrected chi connectivity index (χ4v) is 3.95. The van der Waals surface area contributed by atoms with Crippen molar-refractivity contribution < 1.29 is 14.6 Å². The van der Waals surface area contributed by atoms with Crippen molar-refractivity contribution >= 4 is 37.8 Å². The van der Waals surface area contributed by atoms with E-state index in [0.717, 1.165) is 33.2 Å². The van der Waals surface area contributed by atoms with Gasteiger partial charge in [0.05, 0.1) is 11.6 Å². The van der Waals surface area contributed by atoms with Crippen LogP contribution >= 0.6 is 31.9 Å². The van der Waals surface area contributed by atoms with Crippen LogP contribution in [0.2, 0.25) is 0 Å². The quantitative estimate of drug-likeness (QED) is 0.854. The second-order valence-electron chi connectivity index (χ2n) is 4.55. The number of rotatable bonds is 4. The molecular weight excluding hydrogens is 378 g/mol. The third-order valence-electron chi connectivity index (χ3n) is 3.31. The number of hydrogen-bond acceptors (Lipinski definition) is 3. The zero-order valence-corrected chi connectivity index (χ0v) is 13.7. The van der Waals surface area contributed by atoms with Crippen LogP contribution in [0.3, 0.4) is 0 Å². The Bertz CT molecular complexity index is 493. The summed E-state index contributed by atoms with van der Waals surface area (Å²) in [6, 6.07) is 3.50. The highest BCUT2D eigenvalue weighted by Gasteiger charge is 2.31. The highest BCUT2D eigenvalue weighted by atomic mass is 79.9. The molecule has 1 aromatic carbocycles. The van der Waals surface area contributed by atoms with Crippen LogP contribution in [0.5, 0.6) is 5.75 Å². The van der Waals surface area contributed by atoms with Crippen LogP contribution in [0.1, 0.15) is 18.4 Å². The Morgan fingerprint density at radius 1 is 1.53 bits per heavy atom. The molecule has 6 heteroatoms. The Labute approximate surface area is 129 Å². The smallest absolute Gasteiger partial charge is 0.320 e. The maximum absolute atomic E-state index is 11.2. The van der Waals surface area contributed by atoms with Crippen LogP contribution in [0.15, 0.2) is 21.1 Å². The second kappa shape index (κ2) is 6.24. The number of halogens is 2. The minimum Gasteiger partial charge on any atom is -0.495 e. The maximum Gasteiger partial charge on any atom is 0.320 e. The number of nitrogens with zero attached hydrogens (tertiary/aromatic N) is 1. The number of carboxylic acids is 1. The summed E-state index contributed by atoms with van der Waals surface area (Å²) >= 11 is 6.91. The van der Waals surface area contributed by atoms with Gasteiger partial charge in [-0.1, -0.05) is 15.9 Å². The van der Waals surface area contributed by atoms with Gasteiger partial charge in [-0.3, -0.25) is 9.69 Å². The van der Waals surface area contributed by atoms with E-state index in [-0.39, 0.29) is 6.04 Å². The van der Waals surface area contributed by atoms with Gasteiger partial charge in [-0.05, 0) is 47.4 Å². The molecule has 2 rings (SSSR count). The molecule has 1 aromatic rings. The Morgan fingerprint density at radius 3 is 2.89 bits per heavy atom. The summed E-state index contributed by atoms with van der Waals surface area (Å²) in [5.74, 6) is 0.0183. The van der Waals surface area contributed by atoms with E-state index in [2.05, 4.69) is 31.9 Å². The molecule has 0 bridgehead atoms. The predicted molar refractivity (Wildman–Crippen MR) is 79.5 cm³/mol. The molecule has 104 valence electrons. The number of likely N-dealkylation sites (tertiary alicyclic amines) is 1. The molecule has 0 unspecified atom stereocenters. The maximum atomic E-state index is 11.2. The molecule has 1 aliphatic rings. The van der Waals surface area contributed by atoms with E-state index in [1.807, 2.05) is 17.0 Å². The number of carbonyl (C=O) groups is 1. The molecule has 0 saturated carbocycles. The molecule has 0 amide bonds. The van der Waals surface area contributed by atoms with Gasteiger partial charge in [0, 0.05) is 16.6 Å². The first-order valence-electron chi connectivity index (χ1n) is 6.01. The van der Waals surface area contributed by atoms with Gasteiger partial charge in [-0.2, -0.15) is 0 Å². The van der Waals surface area contributed by atoms with Crippen molar-refractivity contribution in [2.75, 3.05) is 13.7 Å². The monoisotopic (exact) mass is 391 g/mol. The van der Waals surface area contributed by atoms with Crippen LogP contribution in [0.4, 0.5) is 0 Å².